The molecular formula is C12H23NO3S. The number of aliphatic hydroxyl groups is 2. The second-order valence-electron chi connectivity index (χ2n) is 5.55. The standard InChI is InChI=1S/C12H23NO3S/c1-11(7-14,8-15)13-10-2-4-16-12(6-10)3-5-17-9-12/h10,13-15H,2-9H2,1H3. The second-order valence-corrected chi connectivity index (χ2v) is 6.65. The van der Waals surface area contributed by atoms with Crippen molar-refractivity contribution in [3.8, 4) is 0 Å². The molecule has 0 radical (unpaired) electrons. The van der Waals surface area contributed by atoms with Gasteiger partial charge in [0, 0.05) is 18.4 Å². The van der Waals surface area contributed by atoms with Gasteiger partial charge in [-0.2, -0.15) is 11.8 Å². The van der Waals surface area contributed by atoms with Crippen LogP contribution in [0.1, 0.15) is 26.2 Å². The summed E-state index contributed by atoms with van der Waals surface area (Å²) in [7, 11) is 0. The quantitative estimate of drug-likeness (QED) is 0.683. The van der Waals surface area contributed by atoms with Gasteiger partial charge < -0.3 is 20.3 Å². The lowest BCUT2D eigenvalue weighted by Crippen LogP contribution is -2.57. The molecule has 2 atom stereocenters. The second kappa shape index (κ2) is 5.45. The Kier molecular flexibility index (Phi) is 4.36. The first-order valence-electron chi connectivity index (χ1n) is 6.33. The third-order valence-corrected chi connectivity index (χ3v) is 5.03. The summed E-state index contributed by atoms with van der Waals surface area (Å²) < 4.78 is 5.95. The minimum atomic E-state index is -0.574. The molecule has 0 saturated carbocycles. The van der Waals surface area contributed by atoms with Crippen molar-refractivity contribution in [1.29, 1.82) is 0 Å². The summed E-state index contributed by atoms with van der Waals surface area (Å²) in [6.45, 7) is 2.56. The Bertz CT molecular complexity index is 250. The van der Waals surface area contributed by atoms with Crippen molar-refractivity contribution >= 4 is 11.8 Å². The Morgan fingerprint density at radius 2 is 2.24 bits per heavy atom. The summed E-state index contributed by atoms with van der Waals surface area (Å²) >= 11 is 1.96. The molecule has 5 heteroatoms. The molecule has 2 unspecified atom stereocenters. The van der Waals surface area contributed by atoms with Crippen LogP contribution in [0.4, 0.5) is 0 Å². The van der Waals surface area contributed by atoms with E-state index in [0.29, 0.717) is 6.04 Å². The van der Waals surface area contributed by atoms with Gasteiger partial charge in [0.15, 0.2) is 0 Å². The summed E-state index contributed by atoms with van der Waals surface area (Å²) in [6, 6.07) is 0.340. The summed E-state index contributed by atoms with van der Waals surface area (Å²) in [5, 5.41) is 22.0. The maximum Gasteiger partial charge on any atom is 0.0795 e. The molecule has 2 fully saturated rings. The molecule has 17 heavy (non-hydrogen) atoms. The zero-order valence-corrected chi connectivity index (χ0v) is 11.3. The maximum atomic E-state index is 9.31. The van der Waals surface area contributed by atoms with Crippen LogP contribution in [0.2, 0.25) is 0 Å². The van der Waals surface area contributed by atoms with Gasteiger partial charge >= 0.3 is 0 Å². The highest BCUT2D eigenvalue weighted by Crippen LogP contribution is 2.38. The lowest BCUT2D eigenvalue weighted by atomic mass is 9.88. The van der Waals surface area contributed by atoms with Crippen LogP contribution in [0.3, 0.4) is 0 Å². The molecule has 0 aliphatic carbocycles. The van der Waals surface area contributed by atoms with Crippen LogP contribution in [0, 0.1) is 0 Å². The van der Waals surface area contributed by atoms with Crippen LogP contribution in [0.15, 0.2) is 0 Å². The van der Waals surface area contributed by atoms with Gasteiger partial charge in [-0.3, -0.25) is 0 Å². The van der Waals surface area contributed by atoms with Gasteiger partial charge in [-0.05, 0) is 31.9 Å². The van der Waals surface area contributed by atoms with Crippen LogP contribution in [0.25, 0.3) is 0 Å². The zero-order chi connectivity index (χ0) is 12.4. The zero-order valence-electron chi connectivity index (χ0n) is 10.4. The van der Waals surface area contributed by atoms with E-state index in [1.54, 1.807) is 0 Å². The first-order chi connectivity index (χ1) is 8.11. The number of hydrogen-bond donors (Lipinski definition) is 3. The molecule has 0 amide bonds. The Balaban J connectivity index is 1.93. The molecule has 2 aliphatic heterocycles. The summed E-state index contributed by atoms with van der Waals surface area (Å²) in [5.41, 5.74) is -0.526. The van der Waals surface area contributed by atoms with Gasteiger partial charge in [-0.25, -0.2) is 0 Å². The van der Waals surface area contributed by atoms with Gasteiger partial charge in [-0.15, -0.1) is 0 Å². The molecule has 0 aromatic carbocycles. The molecule has 0 bridgehead atoms. The Labute approximate surface area is 107 Å². The Morgan fingerprint density at radius 3 is 2.82 bits per heavy atom. The van der Waals surface area contributed by atoms with E-state index in [2.05, 4.69) is 5.32 Å². The number of rotatable bonds is 4. The van der Waals surface area contributed by atoms with Crippen molar-refractivity contribution in [3.63, 3.8) is 0 Å². The lowest BCUT2D eigenvalue weighted by molar-refractivity contribution is -0.0763. The minimum absolute atomic E-state index is 0.0391. The topological polar surface area (TPSA) is 61.7 Å². The number of aliphatic hydroxyl groups excluding tert-OH is 2. The monoisotopic (exact) mass is 261 g/mol. The van der Waals surface area contributed by atoms with E-state index in [1.807, 2.05) is 18.7 Å². The normalized spacial score (nSPS) is 34.4. The molecule has 2 heterocycles. The van der Waals surface area contributed by atoms with E-state index in [-0.39, 0.29) is 18.8 Å². The molecule has 2 aliphatic rings. The van der Waals surface area contributed by atoms with E-state index in [9.17, 15) is 10.2 Å². The molecule has 2 rings (SSSR count). The van der Waals surface area contributed by atoms with Crippen LogP contribution < -0.4 is 5.32 Å². The van der Waals surface area contributed by atoms with Crippen molar-refractivity contribution in [3.05, 3.63) is 0 Å². The van der Waals surface area contributed by atoms with Crippen LogP contribution in [-0.2, 0) is 4.74 Å². The first-order valence-corrected chi connectivity index (χ1v) is 7.48. The Morgan fingerprint density at radius 1 is 1.47 bits per heavy atom. The lowest BCUT2D eigenvalue weighted by Gasteiger charge is -2.41. The fourth-order valence-electron chi connectivity index (χ4n) is 2.65. The minimum Gasteiger partial charge on any atom is -0.394 e. The molecule has 2 saturated heterocycles. The summed E-state index contributed by atoms with van der Waals surface area (Å²) in [6.07, 6.45) is 3.09. The van der Waals surface area contributed by atoms with Gasteiger partial charge in [0.25, 0.3) is 0 Å². The largest absolute Gasteiger partial charge is 0.394 e. The third-order valence-electron chi connectivity index (χ3n) is 3.81. The molecule has 3 N–H and O–H groups in total. The molecule has 0 aromatic rings. The van der Waals surface area contributed by atoms with Crippen LogP contribution in [-0.4, -0.2) is 58.7 Å². The SMILES string of the molecule is CC(CO)(CO)NC1CCOC2(CCSC2)C1. The molecule has 1 spiro atoms. The van der Waals surface area contributed by atoms with E-state index in [4.69, 9.17) is 4.74 Å². The molecular weight excluding hydrogens is 238 g/mol. The first kappa shape index (κ1) is 13.6. The summed E-state index contributed by atoms with van der Waals surface area (Å²) in [4.78, 5) is 0. The van der Waals surface area contributed by atoms with E-state index in [1.165, 1.54) is 5.75 Å². The molecule has 100 valence electrons. The van der Waals surface area contributed by atoms with Crippen molar-refractivity contribution in [2.45, 2.75) is 43.4 Å². The average molecular weight is 261 g/mol. The van der Waals surface area contributed by atoms with Gasteiger partial charge in [0.05, 0.1) is 24.4 Å². The van der Waals surface area contributed by atoms with Crippen LogP contribution in [0.5, 0.6) is 0 Å². The van der Waals surface area contributed by atoms with E-state index in [0.717, 1.165) is 31.6 Å². The fraction of sp³-hybridized carbons (Fsp3) is 1.00. The third kappa shape index (κ3) is 3.15. The smallest absolute Gasteiger partial charge is 0.0795 e. The predicted octanol–water partition coefficient (Wildman–Crippen LogP) is 0.374. The fourth-order valence-corrected chi connectivity index (χ4v) is 4.03. The van der Waals surface area contributed by atoms with Crippen molar-refractivity contribution < 1.29 is 14.9 Å². The maximum absolute atomic E-state index is 9.31. The predicted molar refractivity (Wildman–Crippen MR) is 69.4 cm³/mol. The molecule has 0 aromatic heterocycles. The highest BCUT2D eigenvalue weighted by Gasteiger charge is 2.41. The van der Waals surface area contributed by atoms with Gasteiger partial charge in [-0.1, -0.05) is 0 Å². The average Bonchev–Trinajstić information content (AvgIpc) is 2.77. The van der Waals surface area contributed by atoms with E-state index >= 15 is 0 Å². The highest BCUT2D eigenvalue weighted by atomic mass is 32.2. The van der Waals surface area contributed by atoms with Gasteiger partial charge in [0.2, 0.25) is 0 Å². The van der Waals surface area contributed by atoms with Crippen LogP contribution >= 0.6 is 11.8 Å². The number of ether oxygens (including phenoxy) is 1. The van der Waals surface area contributed by atoms with Gasteiger partial charge in [0.1, 0.15) is 0 Å². The number of hydrogen-bond acceptors (Lipinski definition) is 5. The van der Waals surface area contributed by atoms with Crippen molar-refractivity contribution in [2.24, 2.45) is 0 Å². The highest BCUT2D eigenvalue weighted by molar-refractivity contribution is 7.99. The van der Waals surface area contributed by atoms with Crippen molar-refractivity contribution in [2.75, 3.05) is 31.3 Å². The van der Waals surface area contributed by atoms with Crippen molar-refractivity contribution in [1.82, 2.24) is 5.32 Å². The summed E-state index contributed by atoms with van der Waals surface area (Å²) in [5.74, 6) is 2.27. The van der Waals surface area contributed by atoms with E-state index < -0.39 is 5.54 Å². The number of thioether (sulfide) groups is 1. The Hall–Kier alpha value is 0.190. The number of nitrogens with one attached hydrogen (secondary N) is 1. The molecule has 4 nitrogen and oxygen atoms in total.